The Labute approximate surface area is 126 Å². The third kappa shape index (κ3) is 3.70. The number of benzene rings is 2. The van der Waals surface area contributed by atoms with Crippen molar-refractivity contribution in [1.82, 2.24) is 0 Å². The Hall–Kier alpha value is -2.14. The van der Waals surface area contributed by atoms with E-state index in [9.17, 15) is 14.5 Å². The highest BCUT2D eigenvalue weighted by Gasteiger charge is 2.12. The molecule has 110 valence electrons. The van der Waals surface area contributed by atoms with Crippen LogP contribution in [0.3, 0.4) is 0 Å². The van der Waals surface area contributed by atoms with Gasteiger partial charge in [0.15, 0.2) is 0 Å². The van der Waals surface area contributed by atoms with Crippen LogP contribution in [0.1, 0.15) is 18.1 Å². The average molecular weight is 309 g/mol. The number of nitro groups is 1. The monoisotopic (exact) mass is 308 g/mol. The van der Waals surface area contributed by atoms with Crippen LogP contribution in [0.4, 0.5) is 15.8 Å². The maximum atomic E-state index is 13.1. The minimum atomic E-state index is -0.469. The van der Waals surface area contributed by atoms with Crippen LogP contribution in [-0.4, -0.2) is 4.92 Å². The Morgan fingerprint density at radius 2 is 2.05 bits per heavy atom. The van der Waals surface area contributed by atoms with Gasteiger partial charge in [-0.15, -0.1) is 0 Å². The first-order valence-corrected chi connectivity index (χ1v) is 6.84. The van der Waals surface area contributed by atoms with Crippen molar-refractivity contribution in [2.75, 3.05) is 5.32 Å². The van der Waals surface area contributed by atoms with E-state index in [0.717, 1.165) is 5.56 Å². The van der Waals surface area contributed by atoms with Crippen molar-refractivity contribution < 1.29 is 9.31 Å². The van der Waals surface area contributed by atoms with Gasteiger partial charge in [-0.1, -0.05) is 30.7 Å². The SMILES string of the molecule is CCc1ccc(NCc2ccc(F)c(Cl)c2)cc1[N+](=O)[O-]. The van der Waals surface area contributed by atoms with Crippen molar-refractivity contribution in [3.8, 4) is 0 Å². The molecular formula is C15H14ClFN2O2. The lowest BCUT2D eigenvalue weighted by molar-refractivity contribution is -0.385. The fourth-order valence-electron chi connectivity index (χ4n) is 2.00. The van der Waals surface area contributed by atoms with Crippen molar-refractivity contribution in [2.24, 2.45) is 0 Å². The van der Waals surface area contributed by atoms with Crippen LogP contribution in [0.15, 0.2) is 36.4 Å². The van der Waals surface area contributed by atoms with Crippen LogP contribution in [0, 0.1) is 15.9 Å². The molecule has 0 amide bonds. The second kappa shape index (κ2) is 6.54. The molecule has 0 heterocycles. The lowest BCUT2D eigenvalue weighted by Gasteiger charge is -2.08. The second-order valence-corrected chi connectivity index (χ2v) is 4.96. The highest BCUT2D eigenvalue weighted by molar-refractivity contribution is 6.30. The zero-order chi connectivity index (χ0) is 15.4. The summed E-state index contributed by atoms with van der Waals surface area (Å²) in [6, 6.07) is 9.46. The van der Waals surface area contributed by atoms with Crippen molar-refractivity contribution in [3.63, 3.8) is 0 Å². The standard InChI is InChI=1S/C15H14ClFN2O2/c1-2-11-4-5-12(8-15(11)19(20)21)18-9-10-3-6-14(17)13(16)7-10/h3-8,18H,2,9H2,1H3. The van der Waals surface area contributed by atoms with Crippen LogP contribution in [0.2, 0.25) is 5.02 Å². The molecule has 0 atom stereocenters. The number of hydrogen-bond acceptors (Lipinski definition) is 3. The van der Waals surface area contributed by atoms with Gasteiger partial charge >= 0.3 is 0 Å². The molecule has 2 aromatic carbocycles. The summed E-state index contributed by atoms with van der Waals surface area (Å²) in [4.78, 5) is 10.6. The van der Waals surface area contributed by atoms with Gasteiger partial charge in [0.1, 0.15) is 5.82 Å². The van der Waals surface area contributed by atoms with E-state index in [-0.39, 0.29) is 10.7 Å². The van der Waals surface area contributed by atoms with E-state index in [2.05, 4.69) is 5.32 Å². The third-order valence-corrected chi connectivity index (χ3v) is 3.43. The average Bonchev–Trinajstić information content (AvgIpc) is 2.48. The van der Waals surface area contributed by atoms with Crippen molar-refractivity contribution in [2.45, 2.75) is 19.9 Å². The van der Waals surface area contributed by atoms with Crippen molar-refractivity contribution >= 4 is 23.0 Å². The Morgan fingerprint density at radius 1 is 1.29 bits per heavy atom. The minimum absolute atomic E-state index is 0.0570. The highest BCUT2D eigenvalue weighted by Crippen LogP contribution is 2.24. The van der Waals surface area contributed by atoms with Gasteiger partial charge in [0, 0.05) is 23.9 Å². The summed E-state index contributed by atoms with van der Waals surface area (Å²) < 4.78 is 13.1. The summed E-state index contributed by atoms with van der Waals surface area (Å²) in [5, 5.41) is 14.1. The molecule has 0 saturated carbocycles. The zero-order valence-corrected chi connectivity index (χ0v) is 12.2. The number of hydrogen-bond donors (Lipinski definition) is 1. The quantitative estimate of drug-likeness (QED) is 0.650. The Kier molecular flexibility index (Phi) is 4.75. The normalized spacial score (nSPS) is 10.4. The Balaban J connectivity index is 2.14. The molecule has 6 heteroatoms. The van der Waals surface area contributed by atoms with Gasteiger partial charge in [0.05, 0.1) is 9.95 Å². The van der Waals surface area contributed by atoms with Gasteiger partial charge in [-0.2, -0.15) is 0 Å². The summed E-state index contributed by atoms with van der Waals surface area (Å²) in [7, 11) is 0. The number of rotatable bonds is 5. The first-order valence-electron chi connectivity index (χ1n) is 6.46. The first-order chi connectivity index (χ1) is 10.0. The van der Waals surface area contributed by atoms with E-state index in [0.29, 0.717) is 24.2 Å². The maximum Gasteiger partial charge on any atom is 0.274 e. The molecule has 0 unspecified atom stereocenters. The lowest BCUT2D eigenvalue weighted by atomic mass is 10.1. The molecule has 0 aromatic heterocycles. The number of nitrogens with one attached hydrogen (secondary N) is 1. The number of aryl methyl sites for hydroxylation is 1. The smallest absolute Gasteiger partial charge is 0.274 e. The van der Waals surface area contributed by atoms with E-state index in [1.165, 1.54) is 18.2 Å². The largest absolute Gasteiger partial charge is 0.381 e. The lowest BCUT2D eigenvalue weighted by Crippen LogP contribution is -2.02. The minimum Gasteiger partial charge on any atom is -0.381 e. The number of anilines is 1. The second-order valence-electron chi connectivity index (χ2n) is 4.56. The molecule has 0 radical (unpaired) electrons. The zero-order valence-electron chi connectivity index (χ0n) is 11.4. The molecule has 0 aliphatic carbocycles. The van der Waals surface area contributed by atoms with Gasteiger partial charge in [0.2, 0.25) is 0 Å². The van der Waals surface area contributed by atoms with Crippen LogP contribution in [0.25, 0.3) is 0 Å². The fourth-order valence-corrected chi connectivity index (χ4v) is 2.20. The summed E-state index contributed by atoms with van der Waals surface area (Å²) in [6.07, 6.45) is 0.601. The molecule has 0 aliphatic rings. The molecule has 0 spiro atoms. The van der Waals surface area contributed by atoms with Crippen LogP contribution in [0.5, 0.6) is 0 Å². The molecule has 0 saturated heterocycles. The third-order valence-electron chi connectivity index (χ3n) is 3.14. The van der Waals surface area contributed by atoms with Gasteiger partial charge in [0.25, 0.3) is 5.69 Å². The fraction of sp³-hybridized carbons (Fsp3) is 0.200. The maximum absolute atomic E-state index is 13.1. The van der Waals surface area contributed by atoms with Gasteiger partial charge in [-0.25, -0.2) is 4.39 Å². The van der Waals surface area contributed by atoms with Gasteiger partial charge < -0.3 is 5.32 Å². The predicted molar refractivity (Wildman–Crippen MR) is 81.2 cm³/mol. The Morgan fingerprint density at radius 3 is 2.67 bits per heavy atom. The van der Waals surface area contributed by atoms with E-state index < -0.39 is 10.7 Å². The molecule has 2 rings (SSSR count). The van der Waals surface area contributed by atoms with Crippen molar-refractivity contribution in [3.05, 3.63) is 68.5 Å². The molecule has 0 fully saturated rings. The summed E-state index contributed by atoms with van der Waals surface area (Å²) >= 11 is 5.71. The summed E-state index contributed by atoms with van der Waals surface area (Å²) in [5.74, 6) is -0.469. The summed E-state index contributed by atoms with van der Waals surface area (Å²) in [6.45, 7) is 2.28. The van der Waals surface area contributed by atoms with Crippen LogP contribution >= 0.6 is 11.6 Å². The molecule has 1 N–H and O–H groups in total. The van der Waals surface area contributed by atoms with Crippen molar-refractivity contribution in [1.29, 1.82) is 0 Å². The Bertz CT molecular complexity index is 677. The van der Waals surface area contributed by atoms with E-state index in [4.69, 9.17) is 11.6 Å². The molecule has 2 aromatic rings. The van der Waals surface area contributed by atoms with Gasteiger partial charge in [-0.3, -0.25) is 10.1 Å². The molecule has 21 heavy (non-hydrogen) atoms. The van der Waals surface area contributed by atoms with Crippen LogP contribution < -0.4 is 5.32 Å². The predicted octanol–water partition coefficient (Wildman–Crippen LogP) is 4.56. The topological polar surface area (TPSA) is 55.2 Å². The first kappa shape index (κ1) is 15.3. The van der Waals surface area contributed by atoms with E-state index in [1.807, 2.05) is 6.92 Å². The summed E-state index contributed by atoms with van der Waals surface area (Å²) in [5.41, 5.74) is 2.22. The van der Waals surface area contributed by atoms with Crippen LogP contribution in [-0.2, 0) is 13.0 Å². The van der Waals surface area contributed by atoms with Gasteiger partial charge in [-0.05, 0) is 30.2 Å². The molecular weight excluding hydrogens is 295 g/mol. The highest BCUT2D eigenvalue weighted by atomic mass is 35.5. The van der Waals surface area contributed by atoms with E-state index in [1.54, 1.807) is 18.2 Å². The molecule has 0 bridgehead atoms. The molecule has 4 nitrogen and oxygen atoms in total. The van der Waals surface area contributed by atoms with E-state index >= 15 is 0 Å². The number of nitrogens with zero attached hydrogens (tertiary/aromatic N) is 1. The number of nitro benzene ring substituents is 1. The molecule has 0 aliphatic heterocycles. The number of halogens is 2.